The predicted octanol–water partition coefficient (Wildman–Crippen LogP) is 3.70. The molecule has 2 heterocycles. The lowest BCUT2D eigenvalue weighted by Gasteiger charge is -2.38. The van der Waals surface area contributed by atoms with E-state index in [-0.39, 0.29) is 13.1 Å². The van der Waals surface area contributed by atoms with Gasteiger partial charge in [-0.05, 0) is 18.2 Å². The average Bonchev–Trinajstić information content (AvgIpc) is 2.69. The fourth-order valence-electron chi connectivity index (χ4n) is 3.36. The van der Waals surface area contributed by atoms with Crippen LogP contribution in [0.3, 0.4) is 0 Å². The fraction of sp³-hybridized carbons (Fsp3) is 0.278. The molecule has 3 rings (SSSR count). The Hall–Kier alpha value is -2.66. The number of carbonyl (C=O) groups excluding carboxylic acids is 2. The normalized spacial score (nSPS) is 18.0. The quantitative estimate of drug-likeness (QED) is 0.516. The molecule has 0 aliphatic carbocycles. The second-order valence-corrected chi connectivity index (χ2v) is 7.36. The maximum absolute atomic E-state index is 14.9. The molecule has 1 fully saturated rings. The summed E-state index contributed by atoms with van der Waals surface area (Å²) in [5.41, 5.74) is 2.95. The van der Waals surface area contributed by atoms with Gasteiger partial charge in [-0.3, -0.25) is 4.79 Å². The number of piperazine rings is 1. The van der Waals surface area contributed by atoms with Gasteiger partial charge >= 0.3 is 12.2 Å². The summed E-state index contributed by atoms with van der Waals surface area (Å²) in [4.78, 5) is 28.9. The molecule has 0 spiro atoms. The van der Waals surface area contributed by atoms with Gasteiger partial charge in [-0.15, -0.1) is 0 Å². The van der Waals surface area contributed by atoms with E-state index in [1.165, 1.54) is 0 Å². The molecule has 3 amide bonds. The van der Waals surface area contributed by atoms with Crippen LogP contribution in [0.4, 0.5) is 26.7 Å². The van der Waals surface area contributed by atoms with Crippen LogP contribution in [-0.4, -0.2) is 41.0 Å². The molecule has 1 unspecified atom stereocenters. The molecule has 1 aromatic carbocycles. The molecular weight excluding hydrogens is 470 g/mol. The molecule has 1 saturated heterocycles. The molecule has 6 nitrogen and oxygen atoms in total. The molecule has 0 bridgehead atoms. The van der Waals surface area contributed by atoms with Crippen molar-refractivity contribution >= 4 is 35.1 Å². The molecule has 1 aliphatic heterocycles. The molecular formula is C18H13Cl2F5N4O2. The fourth-order valence-corrected chi connectivity index (χ4v) is 3.75. The summed E-state index contributed by atoms with van der Waals surface area (Å²) in [5.74, 6) is -4.87. The zero-order valence-corrected chi connectivity index (χ0v) is 16.8. The molecule has 1 aliphatic rings. The van der Waals surface area contributed by atoms with Crippen molar-refractivity contribution in [2.75, 3.05) is 13.1 Å². The van der Waals surface area contributed by atoms with Gasteiger partial charge in [0.2, 0.25) is 5.91 Å². The van der Waals surface area contributed by atoms with E-state index in [1.807, 2.05) is 0 Å². The Balaban J connectivity index is 2.29. The van der Waals surface area contributed by atoms with Crippen LogP contribution in [0, 0.1) is 11.6 Å². The number of primary amides is 1. The molecule has 13 heteroatoms. The predicted molar refractivity (Wildman–Crippen MR) is 101 cm³/mol. The van der Waals surface area contributed by atoms with Crippen LogP contribution in [-0.2, 0) is 11.0 Å². The Labute approximate surface area is 182 Å². The number of amides is 3. The topological polar surface area (TPSA) is 88.3 Å². The second-order valence-electron chi connectivity index (χ2n) is 6.57. The molecule has 1 aromatic heterocycles. The first-order chi connectivity index (χ1) is 14.4. The highest BCUT2D eigenvalue weighted by Crippen LogP contribution is 2.39. The van der Waals surface area contributed by atoms with E-state index in [9.17, 15) is 31.5 Å². The zero-order chi connectivity index (χ0) is 23.1. The first-order valence-electron chi connectivity index (χ1n) is 8.64. The third-order valence-corrected chi connectivity index (χ3v) is 5.36. The van der Waals surface area contributed by atoms with Crippen LogP contribution in [0.1, 0.15) is 22.9 Å². The van der Waals surface area contributed by atoms with Gasteiger partial charge in [0.25, 0.3) is 0 Å². The number of carbonyl (C=O) groups is 2. The van der Waals surface area contributed by atoms with Crippen molar-refractivity contribution < 1.29 is 31.5 Å². The Morgan fingerprint density at radius 3 is 2.52 bits per heavy atom. The number of benzene rings is 1. The van der Waals surface area contributed by atoms with E-state index in [1.54, 1.807) is 0 Å². The lowest BCUT2D eigenvalue weighted by molar-refractivity contribution is -0.141. The number of nitrogens with zero attached hydrogens (tertiary/aromatic N) is 2. The summed E-state index contributed by atoms with van der Waals surface area (Å²) < 4.78 is 68.7. The standard InChI is InChI=1S/C18H13Cl2F5N4O2/c19-8-2-4-10(28-15(8)18(23,24)25)11(7-1-3-9(21)12(20)13(7)22)14-16(30)27-5-6-29(14)17(26)31/h1-4,11,14H,5-6H2,(H2,26,31)(H,27,30)/t11-,14?/m1/s1. The van der Waals surface area contributed by atoms with E-state index in [2.05, 4.69) is 10.3 Å². The van der Waals surface area contributed by atoms with Gasteiger partial charge in [0, 0.05) is 18.7 Å². The smallest absolute Gasteiger partial charge is 0.352 e. The van der Waals surface area contributed by atoms with Gasteiger partial charge in [0.1, 0.15) is 22.7 Å². The number of alkyl halides is 3. The number of halogens is 7. The summed E-state index contributed by atoms with van der Waals surface area (Å²) >= 11 is 11.3. The summed E-state index contributed by atoms with van der Waals surface area (Å²) in [6.07, 6.45) is -4.96. The van der Waals surface area contributed by atoms with Crippen molar-refractivity contribution in [3.63, 3.8) is 0 Å². The summed E-state index contributed by atoms with van der Waals surface area (Å²) in [6.45, 7) is -0.0853. The maximum atomic E-state index is 14.9. The number of nitrogens with one attached hydrogen (secondary N) is 1. The highest BCUT2D eigenvalue weighted by Gasteiger charge is 2.43. The van der Waals surface area contributed by atoms with Crippen LogP contribution < -0.4 is 11.1 Å². The van der Waals surface area contributed by atoms with Gasteiger partial charge in [-0.1, -0.05) is 29.3 Å². The van der Waals surface area contributed by atoms with Crippen molar-refractivity contribution in [1.29, 1.82) is 0 Å². The number of hydrogen-bond acceptors (Lipinski definition) is 3. The van der Waals surface area contributed by atoms with Crippen LogP contribution in [0.25, 0.3) is 0 Å². The summed E-state index contributed by atoms with van der Waals surface area (Å²) in [6, 6.07) is 0.952. The van der Waals surface area contributed by atoms with E-state index in [0.29, 0.717) is 0 Å². The molecule has 0 saturated carbocycles. The molecule has 2 atom stereocenters. The number of pyridine rings is 1. The summed E-state index contributed by atoms with van der Waals surface area (Å²) in [5, 5.41) is 0.780. The van der Waals surface area contributed by atoms with Crippen LogP contribution in [0.5, 0.6) is 0 Å². The Kier molecular flexibility index (Phi) is 6.28. The molecule has 31 heavy (non-hydrogen) atoms. The average molecular weight is 483 g/mol. The second kappa shape index (κ2) is 8.46. The summed E-state index contributed by atoms with van der Waals surface area (Å²) in [7, 11) is 0. The van der Waals surface area contributed by atoms with E-state index >= 15 is 0 Å². The monoisotopic (exact) mass is 482 g/mol. The van der Waals surface area contributed by atoms with E-state index in [0.717, 1.165) is 29.2 Å². The number of nitrogens with two attached hydrogens (primary N) is 1. The van der Waals surface area contributed by atoms with Gasteiger partial charge < -0.3 is 16.0 Å². The number of urea groups is 1. The van der Waals surface area contributed by atoms with Crippen LogP contribution in [0.2, 0.25) is 10.0 Å². The largest absolute Gasteiger partial charge is 0.434 e. The van der Waals surface area contributed by atoms with Gasteiger partial charge in [0.05, 0.1) is 16.6 Å². The van der Waals surface area contributed by atoms with Crippen molar-refractivity contribution in [2.45, 2.75) is 18.1 Å². The van der Waals surface area contributed by atoms with E-state index in [4.69, 9.17) is 28.9 Å². The third-order valence-electron chi connectivity index (χ3n) is 4.71. The Morgan fingerprint density at radius 2 is 1.90 bits per heavy atom. The molecule has 2 aromatic rings. The molecule has 166 valence electrons. The van der Waals surface area contributed by atoms with Crippen molar-refractivity contribution in [1.82, 2.24) is 15.2 Å². The van der Waals surface area contributed by atoms with Crippen LogP contribution >= 0.6 is 23.2 Å². The highest BCUT2D eigenvalue weighted by molar-refractivity contribution is 6.31. The first kappa shape index (κ1) is 23.0. The lowest BCUT2D eigenvalue weighted by atomic mass is 9.85. The van der Waals surface area contributed by atoms with Gasteiger partial charge in [0.15, 0.2) is 5.69 Å². The van der Waals surface area contributed by atoms with Crippen molar-refractivity contribution in [2.24, 2.45) is 5.73 Å². The van der Waals surface area contributed by atoms with E-state index < -0.39 is 68.7 Å². The van der Waals surface area contributed by atoms with Gasteiger partial charge in [-0.25, -0.2) is 18.6 Å². The third kappa shape index (κ3) is 4.38. The minimum atomic E-state index is -4.96. The number of hydrogen-bond donors (Lipinski definition) is 2. The lowest BCUT2D eigenvalue weighted by Crippen LogP contribution is -2.60. The highest BCUT2D eigenvalue weighted by atomic mass is 35.5. The number of rotatable bonds is 3. The van der Waals surface area contributed by atoms with Crippen molar-refractivity contribution in [3.8, 4) is 0 Å². The Morgan fingerprint density at radius 1 is 1.23 bits per heavy atom. The molecule has 3 N–H and O–H groups in total. The zero-order valence-electron chi connectivity index (χ0n) is 15.3. The SMILES string of the molecule is NC(=O)N1CCNC(=O)C1[C@@H](c1ccc(Cl)c(C(F)(F)F)n1)c1ccc(F)c(Cl)c1F. The first-order valence-corrected chi connectivity index (χ1v) is 9.40. The molecule has 0 radical (unpaired) electrons. The minimum Gasteiger partial charge on any atom is -0.352 e. The van der Waals surface area contributed by atoms with Crippen LogP contribution in [0.15, 0.2) is 24.3 Å². The van der Waals surface area contributed by atoms with Gasteiger partial charge in [-0.2, -0.15) is 13.2 Å². The van der Waals surface area contributed by atoms with Crippen molar-refractivity contribution in [3.05, 3.63) is 62.9 Å². The Bertz CT molecular complexity index is 1050. The number of aromatic nitrogens is 1. The maximum Gasteiger partial charge on any atom is 0.434 e. The minimum absolute atomic E-state index is 0.0134.